The molecule has 0 saturated heterocycles. The van der Waals surface area contributed by atoms with Gasteiger partial charge < -0.3 is 10.4 Å². The number of hydrogen-bond donors (Lipinski definition) is 5. The van der Waals surface area contributed by atoms with E-state index < -0.39 is 15.8 Å². The van der Waals surface area contributed by atoms with Crippen LogP contribution in [0.1, 0.15) is 12.6 Å². The van der Waals surface area contributed by atoms with E-state index in [1.807, 2.05) is 5.48 Å². The van der Waals surface area contributed by atoms with Crippen LogP contribution in [-0.2, 0) is 10.0 Å². The van der Waals surface area contributed by atoms with Gasteiger partial charge in [0.15, 0.2) is 16.6 Å². The molecule has 0 fully saturated rings. The van der Waals surface area contributed by atoms with E-state index in [1.165, 1.54) is 30.8 Å². The summed E-state index contributed by atoms with van der Waals surface area (Å²) in [5.74, 6) is -0.458. The normalized spacial score (nSPS) is 12.6. The van der Waals surface area contributed by atoms with Gasteiger partial charge in [0.2, 0.25) is 16.0 Å². The maximum Gasteiger partial charge on any atom is 0.234 e. The molecule has 12 nitrogen and oxygen atoms in total. The molecule has 5 N–H and O–H groups in total. The van der Waals surface area contributed by atoms with Gasteiger partial charge in [0.05, 0.1) is 24.6 Å². The van der Waals surface area contributed by atoms with Gasteiger partial charge in [-0.25, -0.2) is 22.4 Å². The maximum absolute atomic E-state index is 13.3. The summed E-state index contributed by atoms with van der Waals surface area (Å²) in [6.45, 7) is 1.53. The maximum atomic E-state index is 13.3. The Balaban J connectivity index is 2.03. The predicted molar refractivity (Wildman–Crippen MR) is 118 cm³/mol. The number of aromatic nitrogens is 2. The lowest BCUT2D eigenvalue weighted by molar-refractivity contribution is 0.234. The Hall–Kier alpha value is -2.69. The number of hydroxylamine groups is 1. The van der Waals surface area contributed by atoms with Crippen molar-refractivity contribution >= 4 is 52.6 Å². The molecular weight excluding hydrogens is 464 g/mol. The Morgan fingerprint density at radius 1 is 1.38 bits per heavy atom. The first kappa shape index (κ1) is 25.6. The number of nitrogens with one attached hydrogen (secondary N) is 3. The number of aliphatic imine (C=N–C) groups is 2. The quantitative estimate of drug-likeness (QED) is 0.0703. The van der Waals surface area contributed by atoms with Crippen molar-refractivity contribution in [1.29, 1.82) is 0 Å². The van der Waals surface area contributed by atoms with Crippen LogP contribution < -0.4 is 21.0 Å². The summed E-state index contributed by atoms with van der Waals surface area (Å²) in [5.41, 5.74) is 2.14. The van der Waals surface area contributed by atoms with Crippen LogP contribution in [0, 0.1) is 5.82 Å². The first-order valence-corrected chi connectivity index (χ1v) is 11.8. The fourth-order valence-corrected chi connectivity index (χ4v) is 3.43. The molecule has 2 rings (SSSR count). The highest BCUT2D eigenvalue weighted by Crippen LogP contribution is 2.20. The third-order valence-corrected chi connectivity index (χ3v) is 5.86. The lowest BCUT2D eigenvalue weighted by atomic mass is 9.95. The fourth-order valence-electron chi connectivity index (χ4n) is 2.10. The fraction of sp³-hybridized carbons (Fsp3) is 0.375. The van der Waals surface area contributed by atoms with Gasteiger partial charge in [-0.1, -0.05) is 17.2 Å². The monoisotopic (exact) mass is 485 g/mol. The molecule has 0 bridgehead atoms. The van der Waals surface area contributed by atoms with E-state index in [-0.39, 0.29) is 59.1 Å². The van der Waals surface area contributed by atoms with Crippen LogP contribution in [0.15, 0.2) is 37.8 Å². The second-order valence-corrected chi connectivity index (χ2v) is 9.03. The summed E-state index contributed by atoms with van der Waals surface area (Å²) < 4.78 is 43.8. The molecule has 0 atom stereocenters. The lowest BCUT2D eigenvalue weighted by Gasteiger charge is -2.11. The van der Waals surface area contributed by atoms with Gasteiger partial charge >= 0.3 is 0 Å². The molecule has 16 heteroatoms. The largest absolute Gasteiger partial charge is 0.394 e. The molecule has 32 heavy (non-hydrogen) atoms. The zero-order valence-electron chi connectivity index (χ0n) is 16.9. The summed E-state index contributed by atoms with van der Waals surface area (Å²) in [7, 11) is 1.98. The highest BCUT2D eigenvalue weighted by Gasteiger charge is 2.17. The third-order valence-electron chi connectivity index (χ3n) is 3.64. The van der Waals surface area contributed by atoms with Crippen molar-refractivity contribution < 1.29 is 27.8 Å². The van der Waals surface area contributed by atoms with Crippen LogP contribution in [0.2, 0.25) is 0 Å². The van der Waals surface area contributed by atoms with Gasteiger partial charge in [-0.15, -0.1) is 0 Å². The number of benzene rings is 1. The summed E-state index contributed by atoms with van der Waals surface area (Å²) >= 11 is 1.18. The SMILES string of the molecule is [B]c1cc(N=C(NO)c2nonc2SCCNC(=NCCO)NS(=O)(=O)CC)ccc1F. The summed E-state index contributed by atoms with van der Waals surface area (Å²) in [5, 5.41) is 28.9. The van der Waals surface area contributed by atoms with E-state index in [2.05, 4.69) is 30.3 Å². The molecule has 0 aliphatic heterocycles. The minimum atomic E-state index is -3.54. The molecule has 1 aromatic heterocycles. The summed E-state index contributed by atoms with van der Waals surface area (Å²) in [6, 6.07) is 3.77. The van der Waals surface area contributed by atoms with Gasteiger partial charge in [0.1, 0.15) is 13.7 Å². The van der Waals surface area contributed by atoms with Crippen molar-refractivity contribution in [2.45, 2.75) is 11.9 Å². The molecule has 0 unspecified atom stereocenters. The summed E-state index contributed by atoms with van der Waals surface area (Å²) in [6.07, 6.45) is 0. The lowest BCUT2D eigenvalue weighted by Crippen LogP contribution is -2.42. The first-order chi connectivity index (χ1) is 15.3. The van der Waals surface area contributed by atoms with Crippen molar-refractivity contribution in [1.82, 2.24) is 25.8 Å². The Morgan fingerprint density at radius 2 is 2.16 bits per heavy atom. The second-order valence-electron chi connectivity index (χ2n) is 5.93. The number of nitrogens with zero attached hydrogens (tertiary/aromatic N) is 4. The predicted octanol–water partition coefficient (Wildman–Crippen LogP) is -0.971. The number of halogens is 1. The molecule has 172 valence electrons. The zero-order valence-corrected chi connectivity index (χ0v) is 18.6. The van der Waals surface area contributed by atoms with E-state index in [0.29, 0.717) is 5.75 Å². The minimum Gasteiger partial charge on any atom is -0.394 e. The average molecular weight is 485 g/mol. The van der Waals surface area contributed by atoms with Crippen molar-refractivity contribution in [2.24, 2.45) is 9.98 Å². The number of aliphatic hydroxyl groups excluding tert-OH is 1. The Morgan fingerprint density at radius 3 is 2.81 bits per heavy atom. The molecule has 0 amide bonds. The summed E-state index contributed by atoms with van der Waals surface area (Å²) in [4.78, 5) is 8.06. The van der Waals surface area contributed by atoms with Crippen molar-refractivity contribution in [3.05, 3.63) is 29.7 Å². The van der Waals surface area contributed by atoms with Crippen LogP contribution in [0.25, 0.3) is 0 Å². The Labute approximate surface area is 189 Å². The smallest absolute Gasteiger partial charge is 0.234 e. The number of aliphatic hydroxyl groups is 1. The highest BCUT2D eigenvalue weighted by molar-refractivity contribution is 7.99. The van der Waals surface area contributed by atoms with Crippen molar-refractivity contribution in [3.8, 4) is 0 Å². The number of hydrogen-bond acceptors (Lipinski definition) is 10. The van der Waals surface area contributed by atoms with Gasteiger partial charge in [0.25, 0.3) is 0 Å². The van der Waals surface area contributed by atoms with E-state index in [1.54, 1.807) is 0 Å². The molecular formula is C16H21BFN7O5S2. The molecule has 0 spiro atoms. The number of amidine groups is 1. The van der Waals surface area contributed by atoms with Crippen LogP contribution in [0.3, 0.4) is 0 Å². The van der Waals surface area contributed by atoms with Crippen molar-refractivity contribution in [3.63, 3.8) is 0 Å². The third kappa shape index (κ3) is 7.78. The van der Waals surface area contributed by atoms with E-state index >= 15 is 0 Å². The zero-order chi connectivity index (χ0) is 23.6. The number of sulfonamides is 1. The number of thioether (sulfide) groups is 1. The highest BCUT2D eigenvalue weighted by atomic mass is 32.2. The first-order valence-electron chi connectivity index (χ1n) is 9.18. The molecule has 0 saturated carbocycles. The van der Waals surface area contributed by atoms with Gasteiger partial charge in [0, 0.05) is 12.3 Å². The van der Waals surface area contributed by atoms with Crippen LogP contribution in [0.5, 0.6) is 0 Å². The second kappa shape index (κ2) is 12.4. The van der Waals surface area contributed by atoms with Crippen LogP contribution in [-0.4, -0.2) is 79.9 Å². The molecule has 1 heterocycles. The molecule has 0 aliphatic carbocycles. The Kier molecular flexibility index (Phi) is 9.89. The average Bonchev–Trinajstić information content (AvgIpc) is 3.23. The Bertz CT molecular complexity index is 1060. The van der Waals surface area contributed by atoms with Crippen LogP contribution >= 0.6 is 11.8 Å². The molecule has 2 aromatic rings. The number of guanidine groups is 1. The van der Waals surface area contributed by atoms with Gasteiger partial charge in [-0.2, -0.15) is 0 Å². The van der Waals surface area contributed by atoms with Gasteiger partial charge in [-0.3, -0.25) is 20.4 Å². The van der Waals surface area contributed by atoms with Crippen LogP contribution in [0.4, 0.5) is 10.1 Å². The standard InChI is InChI=1S/C16H21BFN7O5S2/c1-2-32(28,29)25-16(19-5-7-26)20-6-8-31-15-13(23-30-24-15)14(22-27)21-10-3-4-12(18)11(17)9-10/h3-4,9,26-27H,2,5-8H2,1H3,(H,21,22)(H2,19,20,25). The number of rotatable bonds is 10. The topological polar surface area (TPSA) is 174 Å². The molecule has 2 radical (unpaired) electrons. The van der Waals surface area contributed by atoms with E-state index in [0.717, 1.165) is 6.07 Å². The van der Waals surface area contributed by atoms with E-state index in [4.69, 9.17) is 17.6 Å². The van der Waals surface area contributed by atoms with E-state index in [9.17, 15) is 18.0 Å². The van der Waals surface area contributed by atoms with Gasteiger partial charge in [-0.05, 0) is 35.4 Å². The van der Waals surface area contributed by atoms with Crippen molar-refractivity contribution in [2.75, 3.05) is 31.2 Å². The molecule has 0 aliphatic rings. The minimum absolute atomic E-state index is 0.00757. The molecule has 1 aromatic carbocycles.